The minimum atomic E-state index is -0.924. The summed E-state index contributed by atoms with van der Waals surface area (Å²) in [4.78, 5) is 34.7. The minimum absolute atomic E-state index is 0.0618. The summed E-state index contributed by atoms with van der Waals surface area (Å²) >= 11 is 0. The van der Waals surface area contributed by atoms with Crippen LogP contribution in [0.2, 0.25) is 0 Å². The van der Waals surface area contributed by atoms with Gasteiger partial charge in [-0.3, -0.25) is 14.4 Å². The zero-order valence-electron chi connectivity index (χ0n) is 9.23. The number of carbonyl (C=O) groups excluding carboxylic acids is 2. The van der Waals surface area contributed by atoms with Gasteiger partial charge in [-0.1, -0.05) is 0 Å². The molecule has 0 bridgehead atoms. The van der Waals surface area contributed by atoms with Crippen LogP contribution in [0, 0.1) is 5.92 Å². The zero-order chi connectivity index (χ0) is 12.1. The summed E-state index contributed by atoms with van der Waals surface area (Å²) in [7, 11) is 0. The van der Waals surface area contributed by atoms with Gasteiger partial charge in [-0.2, -0.15) is 0 Å². The topological polar surface area (TPSA) is 86.7 Å². The Morgan fingerprint density at radius 2 is 2.25 bits per heavy atom. The van der Waals surface area contributed by atoms with Gasteiger partial charge < -0.3 is 15.3 Å². The lowest BCUT2D eigenvalue weighted by Gasteiger charge is -2.22. The second-order valence-electron chi connectivity index (χ2n) is 3.77. The molecule has 0 saturated carbocycles. The van der Waals surface area contributed by atoms with Crippen LogP contribution in [0.3, 0.4) is 0 Å². The Morgan fingerprint density at radius 1 is 1.56 bits per heavy atom. The first-order valence-corrected chi connectivity index (χ1v) is 5.31. The van der Waals surface area contributed by atoms with Crippen LogP contribution < -0.4 is 5.32 Å². The van der Waals surface area contributed by atoms with Crippen molar-refractivity contribution in [3.05, 3.63) is 0 Å². The Bertz CT molecular complexity index is 303. The van der Waals surface area contributed by atoms with Crippen molar-refractivity contribution in [1.29, 1.82) is 0 Å². The standard InChI is InChI=1S/C10H16N2O4/c1-2-12(4-3-9(14)15)10(16)7-5-8(13)11-6-7/h7H,2-6H2,1H3,(H,11,13)(H,14,15). The second kappa shape index (κ2) is 5.48. The van der Waals surface area contributed by atoms with E-state index in [1.807, 2.05) is 0 Å². The van der Waals surface area contributed by atoms with Gasteiger partial charge in [0.15, 0.2) is 0 Å². The smallest absolute Gasteiger partial charge is 0.305 e. The molecule has 1 saturated heterocycles. The molecule has 6 heteroatoms. The molecule has 1 aliphatic heterocycles. The highest BCUT2D eigenvalue weighted by atomic mass is 16.4. The highest BCUT2D eigenvalue weighted by Crippen LogP contribution is 2.12. The second-order valence-corrected chi connectivity index (χ2v) is 3.77. The summed E-state index contributed by atoms with van der Waals surface area (Å²) in [6.07, 6.45) is 0.149. The number of carboxylic acid groups (broad SMARTS) is 1. The van der Waals surface area contributed by atoms with E-state index in [9.17, 15) is 14.4 Å². The van der Waals surface area contributed by atoms with Crippen LogP contribution in [-0.4, -0.2) is 47.4 Å². The van der Waals surface area contributed by atoms with Crippen molar-refractivity contribution in [1.82, 2.24) is 10.2 Å². The summed E-state index contributed by atoms with van der Waals surface area (Å²) in [6.45, 7) is 2.83. The van der Waals surface area contributed by atoms with Gasteiger partial charge in [0.2, 0.25) is 11.8 Å². The van der Waals surface area contributed by atoms with Crippen molar-refractivity contribution in [2.45, 2.75) is 19.8 Å². The molecule has 0 spiro atoms. The van der Waals surface area contributed by atoms with Crippen LogP contribution in [0.25, 0.3) is 0 Å². The molecule has 1 aliphatic rings. The normalized spacial score (nSPS) is 19.3. The number of rotatable bonds is 5. The van der Waals surface area contributed by atoms with Crippen LogP contribution in [0.4, 0.5) is 0 Å². The number of nitrogens with zero attached hydrogens (tertiary/aromatic N) is 1. The number of aliphatic carboxylic acids is 1. The van der Waals surface area contributed by atoms with E-state index in [2.05, 4.69) is 5.32 Å². The number of nitrogens with one attached hydrogen (secondary N) is 1. The van der Waals surface area contributed by atoms with E-state index in [4.69, 9.17) is 5.11 Å². The van der Waals surface area contributed by atoms with Crippen LogP contribution in [0.5, 0.6) is 0 Å². The molecular weight excluding hydrogens is 212 g/mol. The van der Waals surface area contributed by atoms with E-state index in [1.54, 1.807) is 6.92 Å². The SMILES string of the molecule is CCN(CCC(=O)O)C(=O)C1CNC(=O)C1. The minimum Gasteiger partial charge on any atom is -0.481 e. The highest BCUT2D eigenvalue weighted by molar-refractivity contribution is 5.89. The van der Waals surface area contributed by atoms with E-state index in [0.717, 1.165) is 0 Å². The first-order valence-electron chi connectivity index (χ1n) is 5.31. The third kappa shape index (κ3) is 3.22. The Hall–Kier alpha value is -1.59. The Morgan fingerprint density at radius 3 is 2.69 bits per heavy atom. The lowest BCUT2D eigenvalue weighted by molar-refractivity contribution is -0.139. The van der Waals surface area contributed by atoms with Crippen molar-refractivity contribution in [3.63, 3.8) is 0 Å². The van der Waals surface area contributed by atoms with E-state index in [0.29, 0.717) is 13.1 Å². The molecule has 1 atom stereocenters. The quantitative estimate of drug-likeness (QED) is 0.660. The van der Waals surface area contributed by atoms with E-state index in [1.165, 1.54) is 4.90 Å². The van der Waals surface area contributed by atoms with Gasteiger partial charge in [-0.05, 0) is 6.92 Å². The Labute approximate surface area is 93.6 Å². The van der Waals surface area contributed by atoms with Gasteiger partial charge in [-0.15, -0.1) is 0 Å². The highest BCUT2D eigenvalue weighted by Gasteiger charge is 2.30. The molecule has 1 fully saturated rings. The molecule has 0 aromatic rings. The van der Waals surface area contributed by atoms with Crippen LogP contribution in [0.1, 0.15) is 19.8 Å². The average molecular weight is 228 g/mol. The lowest BCUT2D eigenvalue weighted by Crippen LogP contribution is -2.38. The van der Waals surface area contributed by atoms with E-state index >= 15 is 0 Å². The molecule has 0 aromatic heterocycles. The summed E-state index contributed by atoms with van der Waals surface area (Å²) in [5, 5.41) is 11.1. The maximum Gasteiger partial charge on any atom is 0.305 e. The van der Waals surface area contributed by atoms with Gasteiger partial charge in [0, 0.05) is 26.1 Å². The molecule has 16 heavy (non-hydrogen) atoms. The Kier molecular flexibility index (Phi) is 4.28. The molecule has 6 nitrogen and oxygen atoms in total. The van der Waals surface area contributed by atoms with Crippen molar-refractivity contribution in [2.24, 2.45) is 5.92 Å². The van der Waals surface area contributed by atoms with Gasteiger partial charge in [0.25, 0.3) is 0 Å². The summed E-state index contributed by atoms with van der Waals surface area (Å²) < 4.78 is 0. The third-order valence-corrected chi connectivity index (χ3v) is 2.62. The van der Waals surface area contributed by atoms with Crippen LogP contribution >= 0.6 is 0 Å². The maximum atomic E-state index is 11.9. The molecule has 2 N–H and O–H groups in total. The fourth-order valence-electron chi connectivity index (χ4n) is 1.69. The van der Waals surface area contributed by atoms with Crippen LogP contribution in [-0.2, 0) is 14.4 Å². The Balaban J connectivity index is 2.48. The van der Waals surface area contributed by atoms with E-state index in [-0.39, 0.29) is 37.1 Å². The first-order chi connectivity index (χ1) is 7.54. The summed E-state index contributed by atoms with van der Waals surface area (Å²) in [6, 6.07) is 0. The molecular formula is C10H16N2O4. The number of amides is 2. The zero-order valence-corrected chi connectivity index (χ0v) is 9.23. The van der Waals surface area contributed by atoms with E-state index < -0.39 is 5.97 Å². The monoisotopic (exact) mass is 228 g/mol. The van der Waals surface area contributed by atoms with Gasteiger partial charge in [-0.25, -0.2) is 0 Å². The van der Waals surface area contributed by atoms with Crippen LogP contribution in [0.15, 0.2) is 0 Å². The van der Waals surface area contributed by atoms with Crippen molar-refractivity contribution in [3.8, 4) is 0 Å². The molecule has 1 unspecified atom stereocenters. The average Bonchev–Trinajstić information content (AvgIpc) is 2.65. The molecule has 90 valence electrons. The fraction of sp³-hybridized carbons (Fsp3) is 0.700. The predicted molar refractivity (Wildman–Crippen MR) is 55.6 cm³/mol. The molecule has 0 aliphatic carbocycles. The predicted octanol–water partition coefficient (Wildman–Crippen LogP) is -0.554. The van der Waals surface area contributed by atoms with Crippen molar-refractivity contribution >= 4 is 17.8 Å². The molecule has 0 radical (unpaired) electrons. The number of hydrogen-bond donors (Lipinski definition) is 2. The first kappa shape index (κ1) is 12.5. The number of carboxylic acids is 1. The largest absolute Gasteiger partial charge is 0.481 e. The molecule has 0 aromatic carbocycles. The fourth-order valence-corrected chi connectivity index (χ4v) is 1.69. The summed E-state index contributed by atoms with van der Waals surface area (Å²) in [5.74, 6) is -1.51. The van der Waals surface area contributed by atoms with Crippen molar-refractivity contribution in [2.75, 3.05) is 19.6 Å². The maximum absolute atomic E-state index is 11.9. The molecule has 1 heterocycles. The number of carbonyl (C=O) groups is 3. The van der Waals surface area contributed by atoms with Gasteiger partial charge in [0.1, 0.15) is 0 Å². The summed E-state index contributed by atoms with van der Waals surface area (Å²) in [5.41, 5.74) is 0. The molecule has 2 amide bonds. The van der Waals surface area contributed by atoms with Crippen molar-refractivity contribution < 1.29 is 19.5 Å². The van der Waals surface area contributed by atoms with Gasteiger partial charge >= 0.3 is 5.97 Å². The van der Waals surface area contributed by atoms with Gasteiger partial charge in [0.05, 0.1) is 12.3 Å². The molecule has 1 rings (SSSR count). The number of hydrogen-bond acceptors (Lipinski definition) is 3. The third-order valence-electron chi connectivity index (χ3n) is 2.62. The lowest BCUT2D eigenvalue weighted by atomic mass is 10.1.